The third-order valence-electron chi connectivity index (χ3n) is 3.86. The summed E-state index contributed by atoms with van der Waals surface area (Å²) in [6, 6.07) is 0.355. The second kappa shape index (κ2) is 6.97. The van der Waals surface area contributed by atoms with Gasteiger partial charge in [-0.3, -0.25) is 19.7 Å². The minimum Gasteiger partial charge on any atom is -0.299 e. The molecule has 1 aliphatic heterocycles. The standard InChI is InChI=1S/C14H20N6OS/c1-11-6-16-20(7-11)8-12-4-2-3-5-19(12)9-13(21)17-14-18-15-10-22-14/h6-7,10,12H,2-5,8-9H2,1H3,(H,17,18,21)/t12-/m1/s1. The first-order valence-electron chi connectivity index (χ1n) is 7.50. The van der Waals surface area contributed by atoms with Gasteiger partial charge in [0.15, 0.2) is 0 Å². The predicted octanol–water partition coefficient (Wildman–Crippen LogP) is 1.54. The molecular weight excluding hydrogens is 300 g/mol. The van der Waals surface area contributed by atoms with Gasteiger partial charge in [0, 0.05) is 12.2 Å². The monoisotopic (exact) mass is 320 g/mol. The van der Waals surface area contributed by atoms with E-state index in [4.69, 9.17) is 0 Å². The van der Waals surface area contributed by atoms with E-state index in [-0.39, 0.29) is 5.91 Å². The zero-order valence-corrected chi connectivity index (χ0v) is 13.4. The van der Waals surface area contributed by atoms with E-state index in [1.54, 1.807) is 5.51 Å². The van der Waals surface area contributed by atoms with E-state index in [0.717, 1.165) is 31.5 Å². The Morgan fingerprint density at radius 2 is 2.41 bits per heavy atom. The summed E-state index contributed by atoms with van der Waals surface area (Å²) >= 11 is 1.33. The van der Waals surface area contributed by atoms with E-state index < -0.39 is 0 Å². The molecule has 1 aliphatic rings. The van der Waals surface area contributed by atoms with Crippen LogP contribution in [-0.4, -0.2) is 49.9 Å². The lowest BCUT2D eigenvalue weighted by molar-refractivity contribution is -0.118. The summed E-state index contributed by atoms with van der Waals surface area (Å²) in [6.07, 6.45) is 7.37. The highest BCUT2D eigenvalue weighted by Crippen LogP contribution is 2.19. The molecule has 118 valence electrons. The van der Waals surface area contributed by atoms with Crippen molar-refractivity contribution in [2.24, 2.45) is 0 Å². The van der Waals surface area contributed by atoms with Crippen molar-refractivity contribution in [3.63, 3.8) is 0 Å². The van der Waals surface area contributed by atoms with E-state index in [9.17, 15) is 4.79 Å². The molecule has 22 heavy (non-hydrogen) atoms. The molecule has 1 atom stereocenters. The second-order valence-corrected chi connectivity index (χ2v) is 6.49. The topological polar surface area (TPSA) is 75.9 Å². The normalized spacial score (nSPS) is 19.2. The number of carbonyl (C=O) groups excluding carboxylic acids is 1. The number of aromatic nitrogens is 4. The summed E-state index contributed by atoms with van der Waals surface area (Å²) in [4.78, 5) is 14.4. The molecule has 1 N–H and O–H groups in total. The molecule has 3 rings (SSSR count). The van der Waals surface area contributed by atoms with Crippen LogP contribution >= 0.6 is 11.3 Å². The van der Waals surface area contributed by atoms with Crippen LogP contribution in [0, 0.1) is 6.92 Å². The van der Waals surface area contributed by atoms with E-state index in [1.165, 1.54) is 17.8 Å². The van der Waals surface area contributed by atoms with Crippen LogP contribution in [0.5, 0.6) is 0 Å². The fraction of sp³-hybridized carbons (Fsp3) is 0.571. The number of rotatable bonds is 5. The van der Waals surface area contributed by atoms with Crippen LogP contribution in [0.25, 0.3) is 0 Å². The summed E-state index contributed by atoms with van der Waals surface area (Å²) < 4.78 is 1.97. The molecule has 0 spiro atoms. The van der Waals surface area contributed by atoms with Gasteiger partial charge in [-0.15, -0.1) is 10.2 Å². The average Bonchev–Trinajstić information content (AvgIpc) is 3.13. The molecule has 2 aromatic rings. The summed E-state index contributed by atoms with van der Waals surface area (Å²) in [7, 11) is 0. The summed E-state index contributed by atoms with van der Waals surface area (Å²) in [5.74, 6) is -0.0275. The first-order chi connectivity index (χ1) is 10.7. The van der Waals surface area contributed by atoms with Crippen molar-refractivity contribution < 1.29 is 4.79 Å². The van der Waals surface area contributed by atoms with Gasteiger partial charge in [-0.25, -0.2) is 0 Å². The molecule has 3 heterocycles. The van der Waals surface area contributed by atoms with Crippen molar-refractivity contribution in [2.75, 3.05) is 18.4 Å². The van der Waals surface area contributed by atoms with Gasteiger partial charge in [-0.05, 0) is 31.9 Å². The number of hydrogen-bond donors (Lipinski definition) is 1. The number of nitrogens with one attached hydrogen (secondary N) is 1. The van der Waals surface area contributed by atoms with Crippen LogP contribution in [-0.2, 0) is 11.3 Å². The molecule has 0 aromatic carbocycles. The van der Waals surface area contributed by atoms with Crippen molar-refractivity contribution in [1.82, 2.24) is 24.9 Å². The number of anilines is 1. The predicted molar refractivity (Wildman–Crippen MR) is 84.7 cm³/mol. The Hall–Kier alpha value is -1.80. The molecule has 0 radical (unpaired) electrons. The lowest BCUT2D eigenvalue weighted by atomic mass is 10.0. The van der Waals surface area contributed by atoms with E-state index in [1.807, 2.05) is 24.0 Å². The maximum Gasteiger partial charge on any atom is 0.240 e. The van der Waals surface area contributed by atoms with Crippen molar-refractivity contribution in [3.05, 3.63) is 23.5 Å². The molecule has 1 amide bonds. The molecule has 1 fully saturated rings. The summed E-state index contributed by atoms with van der Waals surface area (Å²) in [5, 5.41) is 15.3. The highest BCUT2D eigenvalue weighted by atomic mass is 32.1. The zero-order valence-electron chi connectivity index (χ0n) is 12.6. The average molecular weight is 320 g/mol. The third-order valence-corrected chi connectivity index (χ3v) is 4.47. The second-order valence-electron chi connectivity index (χ2n) is 5.65. The molecule has 1 saturated heterocycles. The quantitative estimate of drug-likeness (QED) is 0.904. The Labute approximate surface area is 133 Å². The van der Waals surface area contributed by atoms with E-state index in [2.05, 4.69) is 25.5 Å². The lowest BCUT2D eigenvalue weighted by Gasteiger charge is -2.35. The van der Waals surface area contributed by atoms with Crippen LogP contribution in [0.3, 0.4) is 0 Å². The minimum atomic E-state index is -0.0275. The Morgan fingerprint density at radius 3 is 3.14 bits per heavy atom. The third kappa shape index (κ3) is 3.89. The molecule has 8 heteroatoms. The Kier molecular flexibility index (Phi) is 4.79. The van der Waals surface area contributed by atoms with Crippen LogP contribution in [0.4, 0.5) is 5.13 Å². The van der Waals surface area contributed by atoms with Gasteiger partial charge in [0.2, 0.25) is 11.0 Å². The smallest absolute Gasteiger partial charge is 0.240 e. The molecule has 2 aromatic heterocycles. The van der Waals surface area contributed by atoms with Gasteiger partial charge in [-0.2, -0.15) is 5.10 Å². The van der Waals surface area contributed by atoms with Crippen molar-refractivity contribution in [3.8, 4) is 0 Å². The van der Waals surface area contributed by atoms with E-state index >= 15 is 0 Å². The number of carbonyl (C=O) groups is 1. The molecule has 0 aliphatic carbocycles. The van der Waals surface area contributed by atoms with Crippen LogP contribution in [0.1, 0.15) is 24.8 Å². The maximum absolute atomic E-state index is 12.1. The van der Waals surface area contributed by atoms with Gasteiger partial charge in [0.1, 0.15) is 5.51 Å². The number of piperidine rings is 1. The minimum absolute atomic E-state index is 0.0275. The Bertz CT molecular complexity index is 611. The van der Waals surface area contributed by atoms with Gasteiger partial charge in [0.25, 0.3) is 0 Å². The van der Waals surface area contributed by atoms with Gasteiger partial charge in [-0.1, -0.05) is 17.8 Å². The highest BCUT2D eigenvalue weighted by molar-refractivity contribution is 7.13. The zero-order chi connectivity index (χ0) is 15.4. The number of nitrogens with zero attached hydrogens (tertiary/aromatic N) is 5. The largest absolute Gasteiger partial charge is 0.299 e. The molecular formula is C14H20N6OS. The van der Waals surface area contributed by atoms with Crippen LogP contribution < -0.4 is 5.32 Å². The van der Waals surface area contributed by atoms with Crippen LogP contribution in [0.2, 0.25) is 0 Å². The first-order valence-corrected chi connectivity index (χ1v) is 8.38. The Morgan fingerprint density at radius 1 is 1.50 bits per heavy atom. The fourth-order valence-corrected chi connectivity index (χ4v) is 3.29. The molecule has 0 unspecified atom stereocenters. The fourth-order valence-electron chi connectivity index (χ4n) is 2.83. The maximum atomic E-state index is 12.1. The number of likely N-dealkylation sites (tertiary alicyclic amines) is 1. The van der Waals surface area contributed by atoms with Crippen LogP contribution in [0.15, 0.2) is 17.9 Å². The Balaban J connectivity index is 1.58. The molecule has 0 saturated carbocycles. The number of aryl methyl sites for hydroxylation is 1. The van der Waals surface area contributed by atoms with Gasteiger partial charge in [0.05, 0.1) is 19.3 Å². The number of amides is 1. The molecule has 0 bridgehead atoms. The van der Waals surface area contributed by atoms with Gasteiger partial charge >= 0.3 is 0 Å². The van der Waals surface area contributed by atoms with E-state index in [0.29, 0.717) is 17.7 Å². The highest BCUT2D eigenvalue weighted by Gasteiger charge is 2.25. The lowest BCUT2D eigenvalue weighted by Crippen LogP contribution is -2.46. The summed E-state index contributed by atoms with van der Waals surface area (Å²) in [6.45, 7) is 4.22. The van der Waals surface area contributed by atoms with Crippen molar-refractivity contribution in [2.45, 2.75) is 38.8 Å². The van der Waals surface area contributed by atoms with Crippen molar-refractivity contribution >= 4 is 22.4 Å². The van der Waals surface area contributed by atoms with Gasteiger partial charge < -0.3 is 0 Å². The number of hydrogen-bond acceptors (Lipinski definition) is 6. The van der Waals surface area contributed by atoms with Crippen molar-refractivity contribution in [1.29, 1.82) is 0 Å². The molecule has 7 nitrogen and oxygen atoms in total. The first kappa shape index (κ1) is 15.1. The summed E-state index contributed by atoms with van der Waals surface area (Å²) in [5.41, 5.74) is 2.77. The SMILES string of the molecule is Cc1cnn(C[C@H]2CCCCN2CC(=O)Nc2nncs2)c1.